The fourth-order valence-corrected chi connectivity index (χ4v) is 4.02. The third-order valence-electron chi connectivity index (χ3n) is 5.43. The second-order valence-corrected chi connectivity index (χ2v) is 7.17. The van der Waals surface area contributed by atoms with Crippen LogP contribution in [0.3, 0.4) is 0 Å². The Balaban J connectivity index is 1.52. The first-order valence-corrected chi connectivity index (χ1v) is 9.14. The van der Waals surface area contributed by atoms with Gasteiger partial charge in [0.15, 0.2) is 0 Å². The second kappa shape index (κ2) is 6.98. The molecule has 1 saturated carbocycles. The normalized spacial score (nSPS) is 17.6. The minimum Gasteiger partial charge on any atom is -0.359 e. The number of halogens is 1. The number of hydrogen-bond acceptors (Lipinski definition) is 4. The number of nitrogens with one attached hydrogen (secondary N) is 3. The Morgan fingerprint density at radius 1 is 1.26 bits per heavy atom. The van der Waals surface area contributed by atoms with E-state index in [2.05, 4.69) is 20.9 Å². The summed E-state index contributed by atoms with van der Waals surface area (Å²) >= 11 is 0. The number of anilines is 2. The molecule has 27 heavy (non-hydrogen) atoms. The van der Waals surface area contributed by atoms with Gasteiger partial charge >= 0.3 is 0 Å². The van der Waals surface area contributed by atoms with Crippen LogP contribution in [-0.2, 0) is 10.2 Å². The van der Waals surface area contributed by atoms with E-state index in [-0.39, 0.29) is 29.6 Å². The summed E-state index contributed by atoms with van der Waals surface area (Å²) in [4.78, 5) is 28.3. The molecule has 0 atom stereocenters. The van der Waals surface area contributed by atoms with E-state index >= 15 is 0 Å². The van der Waals surface area contributed by atoms with Crippen LogP contribution in [0.15, 0.2) is 36.5 Å². The standard InChI is InChI=1S/C20H21FN4O2/c21-15-6-2-1-5-14(15)20(7-3-4-8-20)12-24-19(27)13-9-16-18(22-10-13)23-11-17(26)25-16/h1-2,5-6,9-10H,3-4,7-8,11-12H2,(H,22,23)(H,24,27)(H,25,26). The quantitative estimate of drug-likeness (QED) is 0.775. The van der Waals surface area contributed by atoms with Crippen molar-refractivity contribution in [3.8, 4) is 0 Å². The molecule has 1 aromatic heterocycles. The van der Waals surface area contributed by atoms with Crippen molar-refractivity contribution >= 4 is 23.3 Å². The number of nitrogens with zero attached hydrogens (tertiary/aromatic N) is 1. The number of carbonyl (C=O) groups excluding carboxylic acids is 2. The predicted octanol–water partition coefficient (Wildman–Crippen LogP) is 2.83. The zero-order valence-electron chi connectivity index (χ0n) is 14.8. The second-order valence-electron chi connectivity index (χ2n) is 7.17. The molecule has 6 nitrogen and oxygen atoms in total. The van der Waals surface area contributed by atoms with E-state index in [9.17, 15) is 14.0 Å². The first kappa shape index (κ1) is 17.5. The van der Waals surface area contributed by atoms with Crippen molar-refractivity contribution in [2.75, 3.05) is 23.7 Å². The Morgan fingerprint density at radius 3 is 2.81 bits per heavy atom. The van der Waals surface area contributed by atoms with Gasteiger partial charge in [0.25, 0.3) is 5.91 Å². The maximum atomic E-state index is 14.4. The lowest BCUT2D eigenvalue weighted by atomic mass is 9.78. The summed E-state index contributed by atoms with van der Waals surface area (Å²) in [6.07, 6.45) is 5.20. The number of aromatic nitrogens is 1. The van der Waals surface area contributed by atoms with E-state index in [0.29, 0.717) is 29.2 Å². The van der Waals surface area contributed by atoms with Crippen molar-refractivity contribution in [1.29, 1.82) is 0 Å². The van der Waals surface area contributed by atoms with Gasteiger partial charge in [-0.1, -0.05) is 31.0 Å². The minimum atomic E-state index is -0.377. The molecule has 0 saturated heterocycles. The lowest BCUT2D eigenvalue weighted by molar-refractivity contribution is -0.114. The monoisotopic (exact) mass is 368 g/mol. The van der Waals surface area contributed by atoms with Gasteiger partial charge in [-0.3, -0.25) is 9.59 Å². The first-order valence-electron chi connectivity index (χ1n) is 9.14. The van der Waals surface area contributed by atoms with Gasteiger partial charge in [-0.15, -0.1) is 0 Å². The van der Waals surface area contributed by atoms with E-state index in [1.165, 1.54) is 12.3 Å². The third kappa shape index (κ3) is 3.37. The van der Waals surface area contributed by atoms with Crippen molar-refractivity contribution in [1.82, 2.24) is 10.3 Å². The van der Waals surface area contributed by atoms with Crippen LogP contribution < -0.4 is 16.0 Å². The number of amides is 2. The van der Waals surface area contributed by atoms with Gasteiger partial charge in [-0.05, 0) is 30.5 Å². The number of pyridine rings is 1. The number of carbonyl (C=O) groups is 2. The molecule has 0 bridgehead atoms. The molecule has 3 N–H and O–H groups in total. The van der Waals surface area contributed by atoms with Gasteiger partial charge in [0.05, 0.1) is 17.8 Å². The molecule has 2 aromatic rings. The van der Waals surface area contributed by atoms with Crippen LogP contribution in [0, 0.1) is 5.82 Å². The van der Waals surface area contributed by atoms with Crippen LogP contribution in [-0.4, -0.2) is 29.9 Å². The van der Waals surface area contributed by atoms with Crippen molar-refractivity contribution in [2.45, 2.75) is 31.1 Å². The predicted molar refractivity (Wildman–Crippen MR) is 100 cm³/mol. The molecule has 2 aliphatic rings. The van der Waals surface area contributed by atoms with Crippen molar-refractivity contribution in [3.05, 3.63) is 53.5 Å². The molecular formula is C20H21FN4O2. The van der Waals surface area contributed by atoms with Gasteiger partial charge in [-0.2, -0.15) is 0 Å². The van der Waals surface area contributed by atoms with E-state index in [4.69, 9.17) is 0 Å². The van der Waals surface area contributed by atoms with E-state index in [1.807, 2.05) is 12.1 Å². The molecule has 1 aliphatic carbocycles. The average molecular weight is 368 g/mol. The summed E-state index contributed by atoms with van der Waals surface area (Å²) in [5, 5.41) is 8.54. The molecule has 1 fully saturated rings. The largest absolute Gasteiger partial charge is 0.359 e. The summed E-state index contributed by atoms with van der Waals surface area (Å²) in [5.74, 6) is -0.137. The zero-order chi connectivity index (χ0) is 18.9. The fourth-order valence-electron chi connectivity index (χ4n) is 4.02. The Labute approximate surface area is 156 Å². The van der Waals surface area contributed by atoms with Crippen LogP contribution in [0.1, 0.15) is 41.6 Å². The Hall–Kier alpha value is -2.96. The lowest BCUT2D eigenvalue weighted by Crippen LogP contribution is -2.39. The summed E-state index contributed by atoms with van der Waals surface area (Å²) in [6.45, 7) is 0.533. The maximum Gasteiger partial charge on any atom is 0.252 e. The van der Waals surface area contributed by atoms with Crippen LogP contribution in [0.25, 0.3) is 0 Å². The molecule has 2 amide bonds. The smallest absolute Gasteiger partial charge is 0.252 e. The number of rotatable bonds is 4. The van der Waals surface area contributed by atoms with Gasteiger partial charge < -0.3 is 16.0 Å². The first-order chi connectivity index (χ1) is 13.1. The molecule has 1 aliphatic heterocycles. The van der Waals surface area contributed by atoms with Gasteiger partial charge in [0.1, 0.15) is 11.6 Å². The molecule has 1 aromatic carbocycles. The van der Waals surface area contributed by atoms with Crippen LogP contribution in [0.2, 0.25) is 0 Å². The van der Waals surface area contributed by atoms with Crippen LogP contribution in [0.4, 0.5) is 15.9 Å². The Morgan fingerprint density at radius 2 is 2.04 bits per heavy atom. The van der Waals surface area contributed by atoms with Crippen molar-refractivity contribution in [2.24, 2.45) is 0 Å². The van der Waals surface area contributed by atoms with E-state index < -0.39 is 0 Å². The fraction of sp³-hybridized carbons (Fsp3) is 0.350. The van der Waals surface area contributed by atoms with Gasteiger partial charge in [0.2, 0.25) is 5.91 Å². The molecule has 4 rings (SSSR count). The highest BCUT2D eigenvalue weighted by Gasteiger charge is 2.37. The van der Waals surface area contributed by atoms with E-state index in [1.54, 1.807) is 12.1 Å². The third-order valence-corrected chi connectivity index (χ3v) is 5.43. The van der Waals surface area contributed by atoms with Gasteiger partial charge in [0, 0.05) is 18.2 Å². The summed E-state index contributed by atoms with van der Waals surface area (Å²) in [7, 11) is 0. The molecule has 0 unspecified atom stereocenters. The molecular weight excluding hydrogens is 347 g/mol. The van der Waals surface area contributed by atoms with Crippen molar-refractivity contribution < 1.29 is 14.0 Å². The number of benzene rings is 1. The Kier molecular flexibility index (Phi) is 4.51. The lowest BCUT2D eigenvalue weighted by Gasteiger charge is -2.30. The number of fused-ring (bicyclic) bond motifs is 1. The Bertz CT molecular complexity index is 893. The summed E-state index contributed by atoms with van der Waals surface area (Å²) in [6, 6.07) is 8.41. The molecule has 0 radical (unpaired) electrons. The van der Waals surface area contributed by atoms with Crippen molar-refractivity contribution in [3.63, 3.8) is 0 Å². The average Bonchev–Trinajstić information content (AvgIpc) is 3.16. The highest BCUT2D eigenvalue weighted by molar-refractivity contribution is 6.02. The summed E-state index contributed by atoms with van der Waals surface area (Å²) < 4.78 is 14.4. The molecule has 140 valence electrons. The minimum absolute atomic E-state index is 0.163. The molecule has 0 spiro atoms. The molecule has 2 heterocycles. The van der Waals surface area contributed by atoms with Crippen LogP contribution in [0.5, 0.6) is 0 Å². The number of hydrogen-bond donors (Lipinski definition) is 3. The highest BCUT2D eigenvalue weighted by atomic mass is 19.1. The van der Waals surface area contributed by atoms with Gasteiger partial charge in [-0.25, -0.2) is 9.37 Å². The maximum absolute atomic E-state index is 14.4. The highest BCUT2D eigenvalue weighted by Crippen LogP contribution is 2.41. The zero-order valence-corrected chi connectivity index (χ0v) is 14.8. The van der Waals surface area contributed by atoms with E-state index in [0.717, 1.165) is 25.7 Å². The molecule has 7 heteroatoms. The van der Waals surface area contributed by atoms with Crippen LogP contribution >= 0.6 is 0 Å². The SMILES string of the molecule is O=C1CNc2ncc(C(=O)NCC3(c4ccccc4F)CCCC3)cc2N1. The summed E-state index contributed by atoms with van der Waals surface area (Å²) in [5.41, 5.74) is 1.14. The topological polar surface area (TPSA) is 83.1 Å².